The van der Waals surface area contributed by atoms with Gasteiger partial charge in [-0.15, -0.1) is 0 Å². The van der Waals surface area contributed by atoms with E-state index in [-0.39, 0.29) is 0 Å². The zero-order chi connectivity index (χ0) is 22.9. The van der Waals surface area contributed by atoms with Gasteiger partial charge in [0.25, 0.3) is 0 Å². The Kier molecular flexibility index (Phi) is 6.15. The molecular formula is C26H35N5O2. The van der Waals surface area contributed by atoms with Crippen LogP contribution in [0.1, 0.15) is 43.4 Å². The second-order valence-corrected chi connectivity index (χ2v) is 9.35. The maximum absolute atomic E-state index is 5.52. The predicted molar refractivity (Wildman–Crippen MR) is 132 cm³/mol. The molecule has 1 saturated heterocycles. The fourth-order valence-corrected chi connectivity index (χ4v) is 5.47. The topological polar surface area (TPSA) is 55.1 Å². The molecule has 0 atom stereocenters. The van der Waals surface area contributed by atoms with E-state index in [2.05, 4.69) is 29.7 Å². The lowest BCUT2D eigenvalue weighted by atomic mass is 9.94. The van der Waals surface area contributed by atoms with Gasteiger partial charge in [0.2, 0.25) is 0 Å². The number of rotatable bonds is 5. The maximum atomic E-state index is 5.52. The molecule has 0 unspecified atom stereocenters. The van der Waals surface area contributed by atoms with Crippen molar-refractivity contribution in [3.05, 3.63) is 35.5 Å². The SMILES string of the molecule is COc1ccc(-c2nn3c(N4CCN(C5CCCCC5)CC4)cc(C)nc3c2C)cc1OC. The number of aromatic nitrogens is 3. The number of hydrogen-bond acceptors (Lipinski definition) is 6. The van der Waals surface area contributed by atoms with E-state index in [1.54, 1.807) is 14.2 Å². The molecule has 1 aliphatic carbocycles. The van der Waals surface area contributed by atoms with Crippen LogP contribution in [0.3, 0.4) is 0 Å². The molecule has 0 N–H and O–H groups in total. The molecule has 2 aliphatic rings. The summed E-state index contributed by atoms with van der Waals surface area (Å²) in [5.41, 5.74) is 4.95. The molecule has 0 spiro atoms. The van der Waals surface area contributed by atoms with Gasteiger partial charge in [-0.3, -0.25) is 4.90 Å². The minimum Gasteiger partial charge on any atom is -0.493 e. The van der Waals surface area contributed by atoms with Gasteiger partial charge in [0.1, 0.15) is 5.82 Å². The molecule has 1 saturated carbocycles. The Morgan fingerprint density at radius 1 is 0.879 bits per heavy atom. The summed E-state index contributed by atoms with van der Waals surface area (Å²) < 4.78 is 13.0. The second-order valence-electron chi connectivity index (χ2n) is 9.35. The van der Waals surface area contributed by atoms with Gasteiger partial charge in [-0.1, -0.05) is 19.3 Å². The number of piperazine rings is 1. The third kappa shape index (κ3) is 4.14. The van der Waals surface area contributed by atoms with Crippen LogP contribution in [0.4, 0.5) is 5.82 Å². The summed E-state index contributed by atoms with van der Waals surface area (Å²) in [7, 11) is 3.31. The van der Waals surface area contributed by atoms with E-state index in [1.165, 1.54) is 32.1 Å². The zero-order valence-electron chi connectivity index (χ0n) is 20.3. The number of anilines is 1. The van der Waals surface area contributed by atoms with Crippen LogP contribution in [0.2, 0.25) is 0 Å². The first-order chi connectivity index (χ1) is 16.1. The van der Waals surface area contributed by atoms with Gasteiger partial charge in [-0.05, 0) is 44.9 Å². The van der Waals surface area contributed by atoms with E-state index in [0.29, 0.717) is 11.5 Å². The first-order valence-corrected chi connectivity index (χ1v) is 12.2. The highest BCUT2D eigenvalue weighted by Gasteiger charge is 2.27. The smallest absolute Gasteiger partial charge is 0.161 e. The number of ether oxygens (including phenoxy) is 2. The molecule has 33 heavy (non-hydrogen) atoms. The second kappa shape index (κ2) is 9.21. The van der Waals surface area contributed by atoms with Crippen LogP contribution >= 0.6 is 0 Å². The Balaban J connectivity index is 1.46. The minimum atomic E-state index is 0.703. The predicted octanol–water partition coefficient (Wildman–Crippen LogP) is 4.49. The third-order valence-corrected chi connectivity index (χ3v) is 7.31. The van der Waals surface area contributed by atoms with Crippen molar-refractivity contribution in [2.75, 3.05) is 45.3 Å². The van der Waals surface area contributed by atoms with Crippen LogP contribution in [0, 0.1) is 13.8 Å². The average molecular weight is 450 g/mol. The van der Waals surface area contributed by atoms with Crippen molar-refractivity contribution in [3.8, 4) is 22.8 Å². The Morgan fingerprint density at radius 3 is 2.30 bits per heavy atom. The van der Waals surface area contributed by atoms with E-state index in [0.717, 1.165) is 66.2 Å². The summed E-state index contributed by atoms with van der Waals surface area (Å²) in [5, 5.41) is 5.04. The monoisotopic (exact) mass is 449 g/mol. The quantitative estimate of drug-likeness (QED) is 0.572. The summed E-state index contributed by atoms with van der Waals surface area (Å²) >= 11 is 0. The van der Waals surface area contributed by atoms with Crippen molar-refractivity contribution in [1.29, 1.82) is 0 Å². The molecule has 5 rings (SSSR count). The van der Waals surface area contributed by atoms with Crippen molar-refractivity contribution in [1.82, 2.24) is 19.5 Å². The molecule has 7 nitrogen and oxygen atoms in total. The summed E-state index contributed by atoms with van der Waals surface area (Å²) in [6.45, 7) is 8.47. The minimum absolute atomic E-state index is 0.703. The normalized spacial score (nSPS) is 18.1. The average Bonchev–Trinajstić information content (AvgIpc) is 3.20. The van der Waals surface area contributed by atoms with Crippen molar-refractivity contribution in [2.45, 2.75) is 52.0 Å². The highest BCUT2D eigenvalue weighted by atomic mass is 16.5. The van der Waals surface area contributed by atoms with E-state index >= 15 is 0 Å². The molecule has 0 bridgehead atoms. The van der Waals surface area contributed by atoms with Crippen molar-refractivity contribution in [2.24, 2.45) is 0 Å². The molecule has 0 radical (unpaired) electrons. The van der Waals surface area contributed by atoms with Gasteiger partial charge in [0.05, 0.1) is 19.9 Å². The maximum Gasteiger partial charge on any atom is 0.161 e. The summed E-state index contributed by atoms with van der Waals surface area (Å²) in [5.74, 6) is 2.55. The van der Waals surface area contributed by atoms with E-state index in [4.69, 9.17) is 19.6 Å². The number of methoxy groups -OCH3 is 2. The van der Waals surface area contributed by atoms with Crippen LogP contribution in [0.15, 0.2) is 24.3 Å². The molecule has 2 fully saturated rings. The summed E-state index contributed by atoms with van der Waals surface area (Å²) in [4.78, 5) is 10.0. The molecule has 1 aromatic carbocycles. The van der Waals surface area contributed by atoms with Crippen LogP contribution in [-0.2, 0) is 0 Å². The number of nitrogens with zero attached hydrogens (tertiary/aromatic N) is 5. The molecule has 3 aromatic rings. The van der Waals surface area contributed by atoms with Gasteiger partial charge in [-0.25, -0.2) is 4.98 Å². The van der Waals surface area contributed by atoms with Crippen molar-refractivity contribution >= 4 is 11.5 Å². The van der Waals surface area contributed by atoms with E-state index < -0.39 is 0 Å². The Labute approximate surface area is 196 Å². The van der Waals surface area contributed by atoms with Crippen molar-refractivity contribution in [3.63, 3.8) is 0 Å². The van der Waals surface area contributed by atoms with Gasteiger partial charge < -0.3 is 14.4 Å². The van der Waals surface area contributed by atoms with Gasteiger partial charge >= 0.3 is 0 Å². The van der Waals surface area contributed by atoms with Crippen LogP contribution in [-0.4, -0.2) is 65.9 Å². The standard InChI is InChI=1S/C26H35N5O2/c1-18-16-24(30-14-12-29(13-15-30)21-8-6-5-7-9-21)31-26(27-18)19(2)25(28-31)20-10-11-22(32-3)23(17-20)33-4/h10-11,16-17,21H,5-9,12-15H2,1-4H3. The van der Waals surface area contributed by atoms with E-state index in [9.17, 15) is 0 Å². The first-order valence-electron chi connectivity index (χ1n) is 12.2. The highest BCUT2D eigenvalue weighted by Crippen LogP contribution is 2.35. The molecule has 3 heterocycles. The van der Waals surface area contributed by atoms with Crippen LogP contribution in [0.25, 0.3) is 16.9 Å². The van der Waals surface area contributed by atoms with Gasteiger partial charge in [0.15, 0.2) is 17.1 Å². The number of aryl methyl sites for hydroxylation is 2. The van der Waals surface area contributed by atoms with E-state index in [1.807, 2.05) is 22.7 Å². The fourth-order valence-electron chi connectivity index (χ4n) is 5.47. The van der Waals surface area contributed by atoms with Gasteiger partial charge in [-0.2, -0.15) is 9.61 Å². The largest absolute Gasteiger partial charge is 0.493 e. The van der Waals surface area contributed by atoms with Crippen LogP contribution < -0.4 is 14.4 Å². The molecule has 1 aliphatic heterocycles. The molecule has 2 aromatic heterocycles. The lowest BCUT2D eigenvalue weighted by Gasteiger charge is -2.41. The lowest BCUT2D eigenvalue weighted by molar-refractivity contribution is 0.147. The summed E-state index contributed by atoms with van der Waals surface area (Å²) in [6.07, 6.45) is 6.92. The van der Waals surface area contributed by atoms with Crippen molar-refractivity contribution < 1.29 is 9.47 Å². The number of fused-ring (bicyclic) bond motifs is 1. The lowest BCUT2D eigenvalue weighted by Crippen LogP contribution is -2.51. The number of benzene rings is 1. The highest BCUT2D eigenvalue weighted by molar-refractivity contribution is 5.73. The Morgan fingerprint density at radius 2 is 1.61 bits per heavy atom. The number of hydrogen-bond donors (Lipinski definition) is 0. The molecule has 0 amide bonds. The van der Waals surface area contributed by atoms with Crippen LogP contribution in [0.5, 0.6) is 11.5 Å². The zero-order valence-corrected chi connectivity index (χ0v) is 20.3. The fraction of sp³-hybridized carbons (Fsp3) is 0.538. The molecule has 7 heteroatoms. The molecular weight excluding hydrogens is 414 g/mol. The molecule has 176 valence electrons. The Hall–Kier alpha value is -2.80. The summed E-state index contributed by atoms with van der Waals surface area (Å²) in [6, 6.07) is 8.91. The third-order valence-electron chi connectivity index (χ3n) is 7.31. The first kappa shape index (κ1) is 22.0. The van der Waals surface area contributed by atoms with Gasteiger partial charge in [0, 0.05) is 55.1 Å². The Bertz CT molecular complexity index is 1130.